The van der Waals surface area contributed by atoms with E-state index >= 15 is 0 Å². The van der Waals surface area contributed by atoms with Crippen molar-refractivity contribution in [1.29, 1.82) is 0 Å². The molecule has 0 fully saturated rings. The number of nitrogens with zero attached hydrogens (tertiary/aromatic N) is 1. The Morgan fingerprint density at radius 1 is 1.24 bits per heavy atom. The van der Waals surface area contributed by atoms with E-state index in [1.54, 1.807) is 7.05 Å². The van der Waals surface area contributed by atoms with Crippen LogP contribution >= 0.6 is 0 Å². The van der Waals surface area contributed by atoms with Crippen LogP contribution in [0.1, 0.15) is 0 Å². The van der Waals surface area contributed by atoms with Gasteiger partial charge < -0.3 is 15.2 Å². The van der Waals surface area contributed by atoms with E-state index in [2.05, 4.69) is 10.6 Å². The van der Waals surface area contributed by atoms with Crippen LogP contribution in [0.25, 0.3) is 5.69 Å². The molecule has 0 spiro atoms. The van der Waals surface area contributed by atoms with Crippen molar-refractivity contribution in [2.24, 2.45) is 0 Å². The highest BCUT2D eigenvalue weighted by Crippen LogP contribution is 2.14. The second kappa shape index (κ2) is 5.32. The highest BCUT2D eigenvalue weighted by atomic mass is 16.1. The second-order valence-corrected chi connectivity index (χ2v) is 3.72. The molecule has 0 radical (unpaired) electrons. The fourth-order valence-corrected chi connectivity index (χ4v) is 1.62. The molecule has 0 atom stereocenters. The van der Waals surface area contributed by atoms with Gasteiger partial charge in [0.05, 0.1) is 6.54 Å². The van der Waals surface area contributed by atoms with Crippen LogP contribution in [0.5, 0.6) is 0 Å². The molecule has 0 unspecified atom stereocenters. The lowest BCUT2D eigenvalue weighted by molar-refractivity contribution is -0.115. The SMILES string of the molecule is CNCC(=O)Nc1cccc(-n2cccc2)c1. The smallest absolute Gasteiger partial charge is 0.238 e. The molecule has 0 saturated heterocycles. The lowest BCUT2D eigenvalue weighted by Gasteiger charge is -2.08. The number of benzene rings is 1. The molecule has 1 heterocycles. The predicted octanol–water partition coefficient (Wildman–Crippen LogP) is 1.64. The quantitative estimate of drug-likeness (QED) is 0.837. The zero-order valence-electron chi connectivity index (χ0n) is 9.68. The van der Waals surface area contributed by atoms with Crippen molar-refractivity contribution >= 4 is 11.6 Å². The number of hydrogen-bond donors (Lipinski definition) is 2. The van der Waals surface area contributed by atoms with E-state index in [1.165, 1.54) is 0 Å². The molecule has 1 aromatic heterocycles. The molecule has 0 aliphatic heterocycles. The zero-order valence-corrected chi connectivity index (χ0v) is 9.68. The van der Waals surface area contributed by atoms with Crippen LogP contribution in [0.3, 0.4) is 0 Å². The molecule has 0 saturated carbocycles. The lowest BCUT2D eigenvalue weighted by Crippen LogP contribution is -2.25. The second-order valence-electron chi connectivity index (χ2n) is 3.72. The minimum absolute atomic E-state index is 0.0443. The number of rotatable bonds is 4. The summed E-state index contributed by atoms with van der Waals surface area (Å²) in [5, 5.41) is 5.64. The van der Waals surface area contributed by atoms with E-state index < -0.39 is 0 Å². The molecule has 2 rings (SSSR count). The maximum Gasteiger partial charge on any atom is 0.238 e. The predicted molar refractivity (Wildman–Crippen MR) is 68.3 cm³/mol. The van der Waals surface area contributed by atoms with Crippen LogP contribution in [0.4, 0.5) is 5.69 Å². The third-order valence-electron chi connectivity index (χ3n) is 2.37. The summed E-state index contributed by atoms with van der Waals surface area (Å²) in [5.41, 5.74) is 1.83. The molecule has 17 heavy (non-hydrogen) atoms. The van der Waals surface area contributed by atoms with Gasteiger partial charge in [-0.25, -0.2) is 0 Å². The zero-order chi connectivity index (χ0) is 12.1. The van der Waals surface area contributed by atoms with Gasteiger partial charge in [0.15, 0.2) is 0 Å². The Labute approximate surface area is 100 Å². The Morgan fingerprint density at radius 3 is 2.71 bits per heavy atom. The van der Waals surface area contributed by atoms with E-state index in [9.17, 15) is 4.79 Å². The summed E-state index contributed by atoms with van der Waals surface area (Å²) in [6, 6.07) is 11.7. The van der Waals surface area contributed by atoms with E-state index in [4.69, 9.17) is 0 Å². The normalized spacial score (nSPS) is 10.2. The molecule has 0 bridgehead atoms. The number of nitrogens with one attached hydrogen (secondary N) is 2. The fourth-order valence-electron chi connectivity index (χ4n) is 1.62. The van der Waals surface area contributed by atoms with Gasteiger partial charge in [0.2, 0.25) is 5.91 Å². The first-order chi connectivity index (χ1) is 8.29. The first-order valence-corrected chi connectivity index (χ1v) is 5.47. The molecule has 2 N–H and O–H groups in total. The highest BCUT2D eigenvalue weighted by molar-refractivity contribution is 5.92. The number of aromatic nitrogens is 1. The van der Waals surface area contributed by atoms with E-state index in [1.807, 2.05) is 53.4 Å². The van der Waals surface area contributed by atoms with Gasteiger partial charge in [-0.3, -0.25) is 4.79 Å². The highest BCUT2D eigenvalue weighted by Gasteiger charge is 2.01. The Balaban J connectivity index is 2.15. The molecule has 4 nitrogen and oxygen atoms in total. The first kappa shape index (κ1) is 11.4. The maximum absolute atomic E-state index is 11.4. The Bertz CT molecular complexity index is 491. The van der Waals surface area contributed by atoms with Crippen LogP contribution in [0.15, 0.2) is 48.8 Å². The molecule has 1 aromatic carbocycles. The van der Waals surface area contributed by atoms with Crippen LogP contribution in [-0.2, 0) is 4.79 Å². The minimum atomic E-state index is -0.0443. The summed E-state index contributed by atoms with van der Waals surface area (Å²) in [4.78, 5) is 11.4. The standard InChI is InChI=1S/C13H15N3O/c1-14-10-13(17)15-11-5-4-6-12(9-11)16-7-2-3-8-16/h2-9,14H,10H2,1H3,(H,15,17). The fraction of sp³-hybridized carbons (Fsp3) is 0.154. The summed E-state index contributed by atoms with van der Waals surface area (Å²) in [6.45, 7) is 0.313. The average Bonchev–Trinajstić information content (AvgIpc) is 2.83. The minimum Gasteiger partial charge on any atom is -0.325 e. The first-order valence-electron chi connectivity index (χ1n) is 5.47. The summed E-state index contributed by atoms with van der Waals surface area (Å²) >= 11 is 0. The van der Waals surface area contributed by atoms with Crippen molar-refractivity contribution < 1.29 is 4.79 Å². The average molecular weight is 229 g/mol. The van der Waals surface area contributed by atoms with Crippen LogP contribution in [0, 0.1) is 0 Å². The molecule has 88 valence electrons. The van der Waals surface area contributed by atoms with Crippen molar-refractivity contribution in [3.05, 3.63) is 48.8 Å². The monoisotopic (exact) mass is 229 g/mol. The Morgan fingerprint density at radius 2 is 2.00 bits per heavy atom. The molecule has 0 aliphatic rings. The van der Waals surface area contributed by atoms with Gasteiger partial charge in [0.1, 0.15) is 0 Å². The van der Waals surface area contributed by atoms with Gasteiger partial charge in [-0.1, -0.05) is 6.07 Å². The van der Waals surface area contributed by atoms with Crippen molar-refractivity contribution in [1.82, 2.24) is 9.88 Å². The maximum atomic E-state index is 11.4. The molecule has 0 aliphatic carbocycles. The van der Waals surface area contributed by atoms with Gasteiger partial charge in [-0.2, -0.15) is 0 Å². The molecule has 4 heteroatoms. The molecule has 2 aromatic rings. The molecule has 1 amide bonds. The van der Waals surface area contributed by atoms with E-state index in [0.29, 0.717) is 6.54 Å². The number of hydrogen-bond acceptors (Lipinski definition) is 2. The largest absolute Gasteiger partial charge is 0.325 e. The third kappa shape index (κ3) is 2.95. The van der Waals surface area contributed by atoms with Crippen molar-refractivity contribution in [3.8, 4) is 5.69 Å². The Hall–Kier alpha value is -2.07. The number of carbonyl (C=O) groups is 1. The summed E-state index contributed by atoms with van der Waals surface area (Å²) in [7, 11) is 1.75. The molecular formula is C13H15N3O. The topological polar surface area (TPSA) is 46.1 Å². The summed E-state index contributed by atoms with van der Waals surface area (Å²) < 4.78 is 1.99. The lowest BCUT2D eigenvalue weighted by atomic mass is 10.2. The van der Waals surface area contributed by atoms with E-state index in [0.717, 1.165) is 11.4 Å². The number of likely N-dealkylation sites (N-methyl/N-ethyl adjacent to an activating group) is 1. The van der Waals surface area contributed by atoms with Crippen LogP contribution in [-0.4, -0.2) is 24.1 Å². The van der Waals surface area contributed by atoms with Crippen LogP contribution < -0.4 is 10.6 Å². The van der Waals surface area contributed by atoms with Gasteiger partial charge in [0.25, 0.3) is 0 Å². The van der Waals surface area contributed by atoms with Crippen LogP contribution in [0.2, 0.25) is 0 Å². The van der Waals surface area contributed by atoms with Crippen molar-refractivity contribution in [3.63, 3.8) is 0 Å². The third-order valence-corrected chi connectivity index (χ3v) is 2.37. The number of amides is 1. The van der Waals surface area contributed by atoms with Crippen molar-refractivity contribution in [2.45, 2.75) is 0 Å². The summed E-state index contributed by atoms with van der Waals surface area (Å²) in [6.07, 6.45) is 3.93. The van der Waals surface area contributed by atoms with Gasteiger partial charge in [-0.15, -0.1) is 0 Å². The number of anilines is 1. The molecular weight excluding hydrogens is 214 g/mol. The van der Waals surface area contributed by atoms with Gasteiger partial charge in [0, 0.05) is 23.8 Å². The van der Waals surface area contributed by atoms with Gasteiger partial charge in [-0.05, 0) is 37.4 Å². The Kier molecular flexibility index (Phi) is 3.57. The van der Waals surface area contributed by atoms with Crippen molar-refractivity contribution in [2.75, 3.05) is 18.9 Å². The number of carbonyl (C=O) groups excluding carboxylic acids is 1. The van der Waals surface area contributed by atoms with E-state index in [-0.39, 0.29) is 5.91 Å². The summed E-state index contributed by atoms with van der Waals surface area (Å²) in [5.74, 6) is -0.0443. The van der Waals surface area contributed by atoms with Gasteiger partial charge >= 0.3 is 0 Å².